The quantitative estimate of drug-likeness (QED) is 0.809. The summed E-state index contributed by atoms with van der Waals surface area (Å²) in [5, 5.41) is 3.00. The molecule has 2 rings (SSSR count). The molecule has 0 aliphatic carbocycles. The Morgan fingerprint density at radius 2 is 2.00 bits per heavy atom. The van der Waals surface area contributed by atoms with Crippen molar-refractivity contribution in [2.45, 2.75) is 17.9 Å². The molecule has 0 amide bonds. The van der Waals surface area contributed by atoms with Gasteiger partial charge in [-0.25, -0.2) is 13.1 Å². The molecular formula is C15H19N3O2S. The van der Waals surface area contributed by atoms with E-state index < -0.39 is 10.0 Å². The summed E-state index contributed by atoms with van der Waals surface area (Å²) in [4.78, 5) is 4.45. The molecule has 0 aliphatic heterocycles. The Balaban J connectivity index is 1.99. The van der Waals surface area contributed by atoms with Crippen molar-refractivity contribution in [2.75, 3.05) is 13.6 Å². The van der Waals surface area contributed by atoms with Crippen LogP contribution in [-0.2, 0) is 23.0 Å². The van der Waals surface area contributed by atoms with Gasteiger partial charge in [0.25, 0.3) is 0 Å². The lowest BCUT2D eigenvalue weighted by Gasteiger charge is -2.08. The first-order chi connectivity index (χ1) is 10.1. The van der Waals surface area contributed by atoms with Crippen LogP contribution in [-0.4, -0.2) is 27.0 Å². The largest absolute Gasteiger partial charge is 0.316 e. The van der Waals surface area contributed by atoms with Gasteiger partial charge in [0.2, 0.25) is 10.0 Å². The monoisotopic (exact) mass is 305 g/mol. The van der Waals surface area contributed by atoms with E-state index in [0.29, 0.717) is 19.5 Å². The minimum absolute atomic E-state index is 0.288. The summed E-state index contributed by atoms with van der Waals surface area (Å²) in [5.41, 5.74) is 1.80. The van der Waals surface area contributed by atoms with Gasteiger partial charge in [-0.3, -0.25) is 4.98 Å². The van der Waals surface area contributed by atoms with Crippen LogP contribution in [0.4, 0.5) is 0 Å². The van der Waals surface area contributed by atoms with Crippen molar-refractivity contribution in [2.24, 2.45) is 0 Å². The summed E-state index contributed by atoms with van der Waals surface area (Å²) in [7, 11) is -1.65. The Morgan fingerprint density at radius 3 is 2.71 bits per heavy atom. The van der Waals surface area contributed by atoms with Crippen molar-refractivity contribution in [3.63, 3.8) is 0 Å². The maximum Gasteiger partial charge on any atom is 0.240 e. The molecule has 0 spiro atoms. The van der Waals surface area contributed by atoms with Crippen molar-refractivity contribution in [1.29, 1.82) is 0 Å². The van der Waals surface area contributed by atoms with Crippen molar-refractivity contribution in [1.82, 2.24) is 15.0 Å². The molecule has 0 saturated carbocycles. The fourth-order valence-corrected chi connectivity index (χ4v) is 3.07. The van der Waals surface area contributed by atoms with Crippen LogP contribution in [0.15, 0.2) is 53.6 Å². The van der Waals surface area contributed by atoms with Crippen LogP contribution in [0.2, 0.25) is 0 Å². The number of benzene rings is 1. The minimum atomic E-state index is -3.48. The fourth-order valence-electron chi connectivity index (χ4n) is 1.97. The average molecular weight is 305 g/mol. The molecule has 0 saturated heterocycles. The van der Waals surface area contributed by atoms with Crippen LogP contribution in [0, 0.1) is 0 Å². The number of hydrogen-bond donors (Lipinski definition) is 2. The van der Waals surface area contributed by atoms with Gasteiger partial charge < -0.3 is 5.32 Å². The molecule has 0 atom stereocenters. The summed E-state index contributed by atoms with van der Waals surface area (Å²) in [6.07, 6.45) is 2.27. The third-order valence-electron chi connectivity index (χ3n) is 2.99. The molecule has 112 valence electrons. The lowest BCUT2D eigenvalue weighted by molar-refractivity contribution is 0.581. The Bertz CT molecular complexity index is 672. The van der Waals surface area contributed by atoms with Crippen molar-refractivity contribution >= 4 is 10.0 Å². The van der Waals surface area contributed by atoms with Gasteiger partial charge in [0, 0.05) is 31.4 Å². The molecule has 0 aliphatic rings. The Kier molecular flexibility index (Phi) is 5.44. The van der Waals surface area contributed by atoms with Gasteiger partial charge >= 0.3 is 0 Å². The first-order valence-corrected chi connectivity index (χ1v) is 8.23. The molecule has 0 bridgehead atoms. The summed E-state index contributed by atoms with van der Waals surface area (Å²) >= 11 is 0. The van der Waals surface area contributed by atoms with E-state index in [1.165, 1.54) is 0 Å². The Hall–Kier alpha value is -1.76. The lowest BCUT2D eigenvalue weighted by Crippen LogP contribution is -2.26. The second-order valence-electron chi connectivity index (χ2n) is 4.65. The van der Waals surface area contributed by atoms with E-state index in [9.17, 15) is 8.42 Å². The number of nitrogens with zero attached hydrogens (tertiary/aromatic N) is 1. The van der Waals surface area contributed by atoms with Gasteiger partial charge in [0.1, 0.15) is 0 Å². The second kappa shape index (κ2) is 7.31. The van der Waals surface area contributed by atoms with Gasteiger partial charge in [-0.2, -0.15) is 0 Å². The Labute approximate surface area is 125 Å². The highest BCUT2D eigenvalue weighted by molar-refractivity contribution is 7.89. The number of aromatic nitrogens is 1. The zero-order valence-electron chi connectivity index (χ0n) is 11.9. The summed E-state index contributed by atoms with van der Waals surface area (Å²) < 4.78 is 27.1. The van der Waals surface area contributed by atoms with E-state index in [1.54, 1.807) is 24.4 Å². The fraction of sp³-hybridized carbons (Fsp3) is 0.267. The van der Waals surface area contributed by atoms with Crippen LogP contribution in [0.1, 0.15) is 11.3 Å². The summed E-state index contributed by atoms with van der Waals surface area (Å²) in [6, 6.07) is 12.5. The molecule has 5 nitrogen and oxygen atoms in total. The van der Waals surface area contributed by atoms with Crippen molar-refractivity contribution in [3.8, 4) is 0 Å². The van der Waals surface area contributed by atoms with E-state index in [1.807, 2.05) is 31.3 Å². The van der Waals surface area contributed by atoms with E-state index >= 15 is 0 Å². The summed E-state index contributed by atoms with van der Waals surface area (Å²) in [6.45, 7) is 0.965. The second-order valence-corrected chi connectivity index (χ2v) is 6.41. The normalized spacial score (nSPS) is 11.5. The smallest absolute Gasteiger partial charge is 0.240 e. The van der Waals surface area contributed by atoms with Gasteiger partial charge in [0.05, 0.1) is 4.90 Å². The molecule has 1 aromatic carbocycles. The minimum Gasteiger partial charge on any atom is -0.316 e. The van der Waals surface area contributed by atoms with Crippen LogP contribution in [0.3, 0.4) is 0 Å². The molecule has 0 unspecified atom stereocenters. The number of rotatable bonds is 7. The van der Waals surface area contributed by atoms with E-state index in [2.05, 4.69) is 15.0 Å². The van der Waals surface area contributed by atoms with Crippen LogP contribution < -0.4 is 10.0 Å². The molecule has 21 heavy (non-hydrogen) atoms. The third kappa shape index (κ3) is 4.63. The predicted octanol–water partition coefficient (Wildman–Crippen LogP) is 1.32. The van der Waals surface area contributed by atoms with Gasteiger partial charge in [0.15, 0.2) is 0 Å². The highest BCUT2D eigenvalue weighted by Gasteiger charge is 2.13. The summed E-state index contributed by atoms with van der Waals surface area (Å²) in [5.74, 6) is 0. The van der Waals surface area contributed by atoms with Crippen molar-refractivity contribution < 1.29 is 8.42 Å². The maximum atomic E-state index is 12.2. The highest BCUT2D eigenvalue weighted by atomic mass is 32.2. The average Bonchev–Trinajstić information content (AvgIpc) is 2.49. The Morgan fingerprint density at radius 1 is 1.14 bits per heavy atom. The lowest BCUT2D eigenvalue weighted by atomic mass is 10.2. The first kappa shape index (κ1) is 15.6. The van der Waals surface area contributed by atoms with Crippen LogP contribution >= 0.6 is 0 Å². The number of hydrogen-bond acceptors (Lipinski definition) is 4. The SMILES string of the molecule is CNCc1cccc(S(=O)(=O)NCCc2ccccn2)c1. The molecule has 2 aromatic rings. The standard InChI is InChI=1S/C15H19N3O2S/c1-16-12-13-5-4-7-15(11-13)21(19,20)18-10-8-14-6-2-3-9-17-14/h2-7,9,11,16,18H,8,10,12H2,1H3. The van der Waals surface area contributed by atoms with E-state index in [0.717, 1.165) is 11.3 Å². The van der Waals surface area contributed by atoms with Crippen LogP contribution in [0.25, 0.3) is 0 Å². The molecule has 0 radical (unpaired) electrons. The number of pyridine rings is 1. The molecule has 2 N–H and O–H groups in total. The van der Waals surface area contributed by atoms with Gasteiger partial charge in [-0.15, -0.1) is 0 Å². The predicted molar refractivity (Wildman–Crippen MR) is 82.3 cm³/mol. The molecule has 1 aromatic heterocycles. The topological polar surface area (TPSA) is 71.1 Å². The van der Waals surface area contributed by atoms with E-state index in [-0.39, 0.29) is 4.90 Å². The van der Waals surface area contributed by atoms with E-state index in [4.69, 9.17) is 0 Å². The number of nitrogens with one attached hydrogen (secondary N) is 2. The zero-order valence-corrected chi connectivity index (χ0v) is 12.7. The molecule has 6 heteroatoms. The van der Waals surface area contributed by atoms with Crippen molar-refractivity contribution in [3.05, 3.63) is 59.9 Å². The van der Waals surface area contributed by atoms with Gasteiger partial charge in [-0.1, -0.05) is 18.2 Å². The van der Waals surface area contributed by atoms with Gasteiger partial charge in [-0.05, 0) is 36.9 Å². The third-order valence-corrected chi connectivity index (χ3v) is 4.45. The molecule has 1 heterocycles. The maximum absolute atomic E-state index is 12.2. The first-order valence-electron chi connectivity index (χ1n) is 6.75. The van der Waals surface area contributed by atoms with Crippen LogP contribution in [0.5, 0.6) is 0 Å². The molecular weight excluding hydrogens is 286 g/mol. The highest BCUT2D eigenvalue weighted by Crippen LogP contribution is 2.11. The zero-order chi connectivity index (χ0) is 15.1. The molecule has 0 fully saturated rings. The number of sulfonamides is 1.